The van der Waals surface area contributed by atoms with E-state index in [9.17, 15) is 25.5 Å². The summed E-state index contributed by atoms with van der Waals surface area (Å²) in [6.45, 7) is -6.20. The Morgan fingerprint density at radius 2 is 2.07 bits per heavy atom. The number of rotatable bonds is 3. The molecule has 140 valence electrons. The molecule has 3 aromatic rings. The Hall–Kier alpha value is -3.11. The van der Waals surface area contributed by atoms with Gasteiger partial charge in [-0.25, -0.2) is 0 Å². The first kappa shape index (κ1) is 12.3. The van der Waals surface area contributed by atoms with Crippen molar-refractivity contribution < 1.29 is 32.6 Å². The maximum absolute atomic E-state index is 12.5. The summed E-state index contributed by atoms with van der Waals surface area (Å²) in [6.07, 6.45) is 0. The Balaban J connectivity index is 2.30. The van der Waals surface area contributed by atoms with Crippen LogP contribution < -0.4 is 4.73 Å². The number of phenolic OH excluding ortho intramolecular Hbond substituents is 2. The van der Waals surface area contributed by atoms with Crippen molar-refractivity contribution in [1.29, 1.82) is 0 Å². The van der Waals surface area contributed by atoms with Crippen LogP contribution >= 0.6 is 23.2 Å². The first-order valence-corrected chi connectivity index (χ1v) is 7.51. The normalized spacial score (nSPS) is 15.2. The Morgan fingerprint density at radius 3 is 2.70 bits per heavy atom. The molecule has 0 aliphatic rings. The Kier molecular flexibility index (Phi) is 2.99. The van der Waals surface area contributed by atoms with Crippen molar-refractivity contribution in [2.75, 3.05) is 0 Å². The number of aromatic hydroxyl groups is 2. The monoisotopic (exact) mass is 419 g/mol. The van der Waals surface area contributed by atoms with E-state index in [4.69, 9.17) is 35.9 Å². The van der Waals surface area contributed by atoms with Crippen LogP contribution in [0.15, 0.2) is 16.7 Å². The van der Waals surface area contributed by atoms with Gasteiger partial charge in [-0.3, -0.25) is 10.1 Å². The van der Waals surface area contributed by atoms with E-state index in [0.717, 1.165) is 12.1 Å². The van der Waals surface area contributed by atoms with Gasteiger partial charge in [0, 0.05) is 21.1 Å². The zero-order valence-electron chi connectivity index (χ0n) is 18.7. The van der Waals surface area contributed by atoms with Crippen LogP contribution in [0.25, 0.3) is 22.8 Å². The van der Waals surface area contributed by atoms with Crippen molar-refractivity contribution in [3.05, 3.63) is 48.9 Å². The summed E-state index contributed by atoms with van der Waals surface area (Å²) < 4.78 is 50.3. The molecule has 0 amide bonds. The van der Waals surface area contributed by atoms with E-state index in [1.807, 2.05) is 0 Å². The van der Waals surface area contributed by atoms with Crippen molar-refractivity contribution in [2.24, 2.45) is 0 Å². The lowest BCUT2D eigenvalue weighted by Crippen LogP contribution is -2.33. The third-order valence-corrected chi connectivity index (χ3v) is 4.14. The average molecular weight is 420 g/mol. The predicted molar refractivity (Wildman–Crippen MR) is 93.6 cm³/mol. The highest BCUT2D eigenvalue weighted by Gasteiger charge is 2.27. The van der Waals surface area contributed by atoms with Gasteiger partial charge in [0.2, 0.25) is 17.3 Å². The minimum absolute atomic E-state index is 0.248. The minimum atomic E-state index is -3.12. The summed E-state index contributed by atoms with van der Waals surface area (Å²) in [7, 11) is 0. The van der Waals surface area contributed by atoms with E-state index in [1.54, 1.807) is 0 Å². The van der Waals surface area contributed by atoms with Gasteiger partial charge in [-0.15, -0.1) is 0 Å². The fourth-order valence-corrected chi connectivity index (χ4v) is 2.57. The molecule has 0 aliphatic carbocycles. The van der Waals surface area contributed by atoms with E-state index in [1.165, 1.54) is 0 Å². The molecule has 0 fully saturated rings. The SMILES string of the molecule is [2H]C([2H])([2H])c1c(Cl)c(C([2H])([2H])[2H])[n+]([O-])c(Cl)c1-c1nc(-c2cc(O)c(O)c([N+](=O)[O-])c2)o[15n]1. The highest BCUT2D eigenvalue weighted by Crippen LogP contribution is 2.40. The van der Waals surface area contributed by atoms with Crippen LogP contribution in [0.1, 0.15) is 19.5 Å². The number of benzene rings is 1. The van der Waals surface area contributed by atoms with Gasteiger partial charge in [-0.1, -0.05) is 16.8 Å². The number of halogens is 2. The smallest absolute Gasteiger partial charge is 0.315 e. The first-order valence-electron chi connectivity index (χ1n) is 9.76. The molecule has 0 unspecified atom stereocenters. The lowest BCUT2D eigenvalue weighted by molar-refractivity contribution is -0.609. The number of pyridine rings is 1. The Labute approximate surface area is 169 Å². The lowest BCUT2D eigenvalue weighted by atomic mass is 10.1. The molecule has 2 heterocycles. The van der Waals surface area contributed by atoms with Crippen molar-refractivity contribution in [2.45, 2.75) is 13.7 Å². The third-order valence-electron chi connectivity index (χ3n) is 3.43. The quantitative estimate of drug-likeness (QED) is 0.164. The number of aromatic nitrogens is 3. The van der Waals surface area contributed by atoms with E-state index < -0.39 is 74.5 Å². The molecule has 3 rings (SSSR count). The van der Waals surface area contributed by atoms with Crippen LogP contribution in [-0.4, -0.2) is 25.3 Å². The number of nitro groups is 1. The largest absolute Gasteiger partial charge is 0.617 e. The molecule has 10 nitrogen and oxygen atoms in total. The minimum Gasteiger partial charge on any atom is -0.617 e. The second kappa shape index (κ2) is 6.56. The average Bonchev–Trinajstić information content (AvgIpc) is 3.13. The maximum Gasteiger partial charge on any atom is 0.315 e. The van der Waals surface area contributed by atoms with Gasteiger partial charge >= 0.3 is 5.69 Å². The van der Waals surface area contributed by atoms with Crippen LogP contribution in [0.4, 0.5) is 5.69 Å². The molecule has 0 spiro atoms. The fraction of sp³-hybridized carbons (Fsp3) is 0.133. The van der Waals surface area contributed by atoms with E-state index in [-0.39, 0.29) is 10.3 Å². The molecule has 1 aromatic carbocycles. The number of phenols is 2. The third kappa shape index (κ3) is 2.98. The summed E-state index contributed by atoms with van der Waals surface area (Å²) in [5.74, 6) is -3.01. The summed E-state index contributed by atoms with van der Waals surface area (Å²) in [5.41, 5.74) is -3.71. The Morgan fingerprint density at radius 1 is 1.33 bits per heavy atom. The van der Waals surface area contributed by atoms with Crippen LogP contribution in [0.2, 0.25) is 10.2 Å². The summed E-state index contributed by atoms with van der Waals surface area (Å²) in [5, 5.41) is 44.6. The molecular weight excluding hydrogens is 404 g/mol. The fourth-order valence-electron chi connectivity index (χ4n) is 2.13. The highest BCUT2D eigenvalue weighted by atomic mass is 35.5. The summed E-state index contributed by atoms with van der Waals surface area (Å²) in [6, 6.07) is 1.64. The molecule has 0 radical (unpaired) electrons. The molecular formula is C15H10Cl2N4O6. The van der Waals surface area contributed by atoms with Gasteiger partial charge in [0.05, 0.1) is 10.5 Å². The van der Waals surface area contributed by atoms with E-state index in [2.05, 4.69) is 10.1 Å². The highest BCUT2D eigenvalue weighted by molar-refractivity contribution is 6.34. The van der Waals surface area contributed by atoms with Crippen LogP contribution in [0.3, 0.4) is 0 Å². The molecule has 0 aliphatic heterocycles. The van der Waals surface area contributed by atoms with Crippen LogP contribution in [0, 0.1) is 29.0 Å². The number of hydrogen-bond donors (Lipinski definition) is 2. The van der Waals surface area contributed by atoms with Gasteiger partial charge < -0.3 is 19.9 Å². The van der Waals surface area contributed by atoms with Gasteiger partial charge in [0.1, 0.15) is 10.6 Å². The summed E-state index contributed by atoms with van der Waals surface area (Å²) in [4.78, 5) is 13.9. The lowest BCUT2D eigenvalue weighted by Gasteiger charge is -2.10. The van der Waals surface area contributed by atoms with Crippen LogP contribution in [0.5, 0.6) is 11.5 Å². The van der Waals surface area contributed by atoms with Crippen molar-refractivity contribution in [3.63, 3.8) is 0 Å². The molecule has 12 heteroatoms. The maximum atomic E-state index is 12.5. The molecule has 0 bridgehead atoms. The van der Waals surface area contributed by atoms with Crippen molar-refractivity contribution >= 4 is 28.9 Å². The Bertz CT molecular complexity index is 1290. The number of nitro benzene ring substituents is 1. The predicted octanol–water partition coefficient (Wildman–Crippen LogP) is 3.28. The van der Waals surface area contributed by atoms with Crippen molar-refractivity contribution in [1.82, 2.24) is 10.1 Å². The van der Waals surface area contributed by atoms with E-state index in [0.29, 0.717) is 0 Å². The van der Waals surface area contributed by atoms with E-state index >= 15 is 0 Å². The number of hydrogen-bond acceptors (Lipinski definition) is 8. The first-order chi connectivity index (χ1) is 15.1. The van der Waals surface area contributed by atoms with Gasteiger partial charge in [-0.2, -0.15) is 9.71 Å². The second-order valence-corrected chi connectivity index (χ2v) is 5.78. The molecule has 0 saturated heterocycles. The zero-order valence-corrected chi connectivity index (χ0v) is 14.2. The molecule has 2 N–H and O–H groups in total. The molecule has 2 aromatic heterocycles. The second-order valence-electron chi connectivity index (χ2n) is 5.04. The van der Waals surface area contributed by atoms with Crippen LogP contribution in [-0.2, 0) is 0 Å². The van der Waals surface area contributed by atoms with Gasteiger partial charge in [0.15, 0.2) is 5.75 Å². The standard InChI is InChI=1S/C15H10Cl2N4O6/c1-5-10(13(17)20(24)6(2)11(5)16)14-18-15(27-19-14)7-3-8(21(25)26)12(23)9(22)4-7/h3-4,22-23H,1-2H3/i1D3,2D3,19+1. The molecule has 0 saturated carbocycles. The number of nitrogens with zero attached hydrogens (tertiary/aromatic N) is 4. The van der Waals surface area contributed by atoms with Crippen molar-refractivity contribution in [3.8, 4) is 34.3 Å². The topological polar surface area (TPSA) is 149 Å². The zero-order chi connectivity index (χ0) is 25.0. The van der Waals surface area contributed by atoms with Gasteiger partial charge in [0.25, 0.3) is 11.0 Å². The summed E-state index contributed by atoms with van der Waals surface area (Å²) >= 11 is 12.0. The molecule has 0 atom stereocenters. The molecule has 27 heavy (non-hydrogen) atoms. The van der Waals surface area contributed by atoms with Gasteiger partial charge in [-0.05, 0) is 30.1 Å².